The second-order valence-electron chi connectivity index (χ2n) is 3.63. The predicted octanol–water partition coefficient (Wildman–Crippen LogP) is 2.65. The van der Waals surface area contributed by atoms with Gasteiger partial charge in [0.1, 0.15) is 0 Å². The number of rotatable bonds is 2. The molecule has 0 aliphatic carbocycles. The first-order chi connectivity index (χ1) is 7.68. The van der Waals surface area contributed by atoms with Crippen molar-refractivity contribution in [1.29, 1.82) is 0 Å². The molecule has 1 aliphatic heterocycles. The average Bonchev–Trinajstić information content (AvgIpc) is 2.30. The molecule has 5 heteroatoms. The normalized spacial score (nSPS) is 19.7. The Hall–Kier alpha value is -0.130. The minimum absolute atomic E-state index is 0.258. The van der Waals surface area contributed by atoms with Crippen LogP contribution < -0.4 is 5.73 Å². The molecule has 1 aliphatic rings. The lowest BCUT2D eigenvalue weighted by molar-refractivity contribution is -0.269. The summed E-state index contributed by atoms with van der Waals surface area (Å²) in [5.41, 5.74) is 6.55. The maximum atomic E-state index is 6.19. The first-order valence-electron chi connectivity index (χ1n) is 5.11. The van der Waals surface area contributed by atoms with E-state index in [9.17, 15) is 0 Å². The molecular weight excluding hydrogens is 293 g/mol. The molecule has 0 saturated carbocycles. The molecule has 0 radical (unpaired) electrons. The smallest absolute Gasteiger partial charge is 0.209 e. The topological polar surface area (TPSA) is 44.5 Å². The van der Waals surface area contributed by atoms with Crippen molar-refractivity contribution in [3.05, 3.63) is 33.3 Å². The Morgan fingerprint density at radius 1 is 1.38 bits per heavy atom. The van der Waals surface area contributed by atoms with E-state index in [1.807, 2.05) is 18.2 Å². The van der Waals surface area contributed by atoms with Crippen LogP contribution >= 0.6 is 27.5 Å². The Bertz CT molecular complexity index is 380. The van der Waals surface area contributed by atoms with E-state index in [0.29, 0.717) is 18.2 Å². The second-order valence-corrected chi connectivity index (χ2v) is 4.95. The summed E-state index contributed by atoms with van der Waals surface area (Å²) >= 11 is 9.55. The number of ether oxygens (including phenoxy) is 2. The zero-order valence-corrected chi connectivity index (χ0v) is 11.1. The van der Waals surface area contributed by atoms with Gasteiger partial charge in [-0.25, -0.2) is 0 Å². The van der Waals surface area contributed by atoms with Crippen LogP contribution in [0, 0.1) is 0 Å². The Morgan fingerprint density at radius 2 is 2.06 bits per heavy atom. The SMILES string of the molecule is NCC1(c2ccc(Br)cc2Cl)OCCCO1. The number of hydrogen-bond acceptors (Lipinski definition) is 3. The van der Waals surface area contributed by atoms with E-state index in [2.05, 4.69) is 15.9 Å². The highest BCUT2D eigenvalue weighted by molar-refractivity contribution is 9.10. The molecule has 1 fully saturated rings. The van der Waals surface area contributed by atoms with Gasteiger partial charge in [-0.15, -0.1) is 0 Å². The fraction of sp³-hybridized carbons (Fsp3) is 0.455. The molecule has 0 unspecified atom stereocenters. The third kappa shape index (κ3) is 2.26. The van der Waals surface area contributed by atoms with Crippen molar-refractivity contribution in [2.75, 3.05) is 19.8 Å². The maximum absolute atomic E-state index is 6.19. The van der Waals surface area contributed by atoms with Gasteiger partial charge in [-0.3, -0.25) is 0 Å². The third-order valence-electron chi connectivity index (χ3n) is 2.57. The number of benzene rings is 1. The zero-order valence-electron chi connectivity index (χ0n) is 8.71. The van der Waals surface area contributed by atoms with E-state index in [0.717, 1.165) is 16.5 Å². The monoisotopic (exact) mass is 305 g/mol. The fourth-order valence-corrected chi connectivity index (χ4v) is 2.57. The molecule has 1 aromatic carbocycles. The van der Waals surface area contributed by atoms with E-state index in [4.69, 9.17) is 26.8 Å². The fourth-order valence-electron chi connectivity index (χ4n) is 1.76. The molecular formula is C11H13BrClNO2. The highest BCUT2D eigenvalue weighted by Gasteiger charge is 2.37. The van der Waals surface area contributed by atoms with Gasteiger partial charge in [0.25, 0.3) is 0 Å². The molecule has 16 heavy (non-hydrogen) atoms. The average molecular weight is 307 g/mol. The maximum Gasteiger partial charge on any atom is 0.209 e. The molecule has 0 aromatic heterocycles. The van der Waals surface area contributed by atoms with E-state index < -0.39 is 5.79 Å². The van der Waals surface area contributed by atoms with Crippen molar-refractivity contribution < 1.29 is 9.47 Å². The van der Waals surface area contributed by atoms with Crippen molar-refractivity contribution in [2.24, 2.45) is 5.73 Å². The molecule has 2 rings (SSSR count). The molecule has 0 atom stereocenters. The van der Waals surface area contributed by atoms with Crippen LogP contribution in [0.15, 0.2) is 22.7 Å². The minimum Gasteiger partial charge on any atom is -0.345 e. The number of halogens is 2. The van der Waals surface area contributed by atoms with Crippen LogP contribution in [0.2, 0.25) is 5.02 Å². The molecule has 1 aromatic rings. The minimum atomic E-state index is -0.879. The third-order valence-corrected chi connectivity index (χ3v) is 3.38. The van der Waals surface area contributed by atoms with Crippen molar-refractivity contribution in [2.45, 2.75) is 12.2 Å². The van der Waals surface area contributed by atoms with E-state index in [-0.39, 0.29) is 6.54 Å². The van der Waals surface area contributed by atoms with Crippen LogP contribution in [0.25, 0.3) is 0 Å². The van der Waals surface area contributed by atoms with Gasteiger partial charge in [-0.05, 0) is 18.6 Å². The lowest BCUT2D eigenvalue weighted by Gasteiger charge is -2.37. The molecule has 0 spiro atoms. The van der Waals surface area contributed by atoms with Crippen molar-refractivity contribution >= 4 is 27.5 Å². The first-order valence-corrected chi connectivity index (χ1v) is 6.28. The summed E-state index contributed by atoms with van der Waals surface area (Å²) in [4.78, 5) is 0. The quantitative estimate of drug-likeness (QED) is 0.913. The van der Waals surface area contributed by atoms with Crippen LogP contribution in [-0.2, 0) is 15.3 Å². The lowest BCUT2D eigenvalue weighted by atomic mass is 10.0. The summed E-state index contributed by atoms with van der Waals surface area (Å²) in [7, 11) is 0. The Balaban J connectivity index is 2.39. The largest absolute Gasteiger partial charge is 0.345 e. The first kappa shape index (κ1) is 12.3. The van der Waals surface area contributed by atoms with Gasteiger partial charge in [0.2, 0.25) is 5.79 Å². The molecule has 2 N–H and O–H groups in total. The number of hydrogen-bond donors (Lipinski definition) is 1. The standard InChI is InChI=1S/C11H13BrClNO2/c12-8-2-3-9(10(13)6-8)11(7-14)15-4-1-5-16-11/h2-3,6H,1,4-5,7,14H2. The summed E-state index contributed by atoms with van der Waals surface area (Å²) < 4.78 is 12.3. The highest BCUT2D eigenvalue weighted by Crippen LogP contribution is 2.35. The molecule has 3 nitrogen and oxygen atoms in total. The van der Waals surface area contributed by atoms with Crippen LogP contribution in [0.4, 0.5) is 0 Å². The van der Waals surface area contributed by atoms with Crippen molar-refractivity contribution in [3.63, 3.8) is 0 Å². The summed E-state index contributed by atoms with van der Waals surface area (Å²) in [6, 6.07) is 5.60. The Labute approximate surface area is 108 Å². The zero-order chi connectivity index (χ0) is 11.6. The van der Waals surface area contributed by atoms with Crippen LogP contribution in [0.5, 0.6) is 0 Å². The molecule has 1 saturated heterocycles. The van der Waals surface area contributed by atoms with Crippen LogP contribution in [0.1, 0.15) is 12.0 Å². The molecule has 88 valence electrons. The van der Waals surface area contributed by atoms with E-state index in [1.54, 1.807) is 0 Å². The highest BCUT2D eigenvalue weighted by atomic mass is 79.9. The van der Waals surface area contributed by atoms with Crippen LogP contribution in [-0.4, -0.2) is 19.8 Å². The molecule has 1 heterocycles. The van der Waals surface area contributed by atoms with Gasteiger partial charge >= 0.3 is 0 Å². The van der Waals surface area contributed by atoms with Gasteiger partial charge in [-0.1, -0.05) is 33.6 Å². The lowest BCUT2D eigenvalue weighted by Crippen LogP contribution is -2.44. The molecule has 0 amide bonds. The molecule has 0 bridgehead atoms. The Kier molecular flexibility index (Phi) is 3.87. The summed E-state index contributed by atoms with van der Waals surface area (Å²) in [5.74, 6) is -0.879. The summed E-state index contributed by atoms with van der Waals surface area (Å²) in [5, 5.41) is 0.599. The predicted molar refractivity (Wildman–Crippen MR) is 66.4 cm³/mol. The summed E-state index contributed by atoms with van der Waals surface area (Å²) in [6.07, 6.45) is 0.885. The van der Waals surface area contributed by atoms with Gasteiger partial charge in [-0.2, -0.15) is 0 Å². The van der Waals surface area contributed by atoms with Crippen molar-refractivity contribution in [1.82, 2.24) is 0 Å². The van der Waals surface area contributed by atoms with Gasteiger partial charge in [0.15, 0.2) is 0 Å². The van der Waals surface area contributed by atoms with Crippen molar-refractivity contribution in [3.8, 4) is 0 Å². The van der Waals surface area contributed by atoms with Crippen LogP contribution in [0.3, 0.4) is 0 Å². The van der Waals surface area contributed by atoms with Gasteiger partial charge < -0.3 is 15.2 Å². The number of nitrogens with two attached hydrogens (primary N) is 1. The van der Waals surface area contributed by atoms with E-state index >= 15 is 0 Å². The Morgan fingerprint density at radius 3 is 2.62 bits per heavy atom. The second kappa shape index (κ2) is 5.02. The van der Waals surface area contributed by atoms with Gasteiger partial charge in [0.05, 0.1) is 24.8 Å². The summed E-state index contributed by atoms with van der Waals surface area (Å²) in [6.45, 7) is 1.54. The van der Waals surface area contributed by atoms with E-state index in [1.165, 1.54) is 0 Å². The van der Waals surface area contributed by atoms with Gasteiger partial charge in [0, 0.05) is 10.0 Å².